The third-order valence-electron chi connectivity index (χ3n) is 3.93. The minimum absolute atomic E-state index is 0.166. The van der Waals surface area contributed by atoms with Crippen molar-refractivity contribution >= 4 is 38.7 Å². The van der Waals surface area contributed by atoms with Gasteiger partial charge in [0.1, 0.15) is 0 Å². The predicted molar refractivity (Wildman–Crippen MR) is 108 cm³/mol. The normalized spacial score (nSPS) is 12.1. The second-order valence-electron chi connectivity index (χ2n) is 5.77. The molecular weight excluding hydrogens is 411 g/mol. The number of thiocarbonyl (C=S) groups is 1. The van der Waals surface area contributed by atoms with E-state index < -0.39 is 21.8 Å². The first-order valence-electron chi connectivity index (χ1n) is 8.43. The number of nitrogens with zero attached hydrogens (tertiary/aromatic N) is 1. The Morgan fingerprint density at radius 1 is 0.929 bits per heavy atom. The van der Waals surface area contributed by atoms with Gasteiger partial charge in [0.2, 0.25) is 10.0 Å². The second-order valence-corrected chi connectivity index (χ2v) is 8.11. The Bertz CT molecular complexity index is 909. The Labute approximate surface area is 167 Å². The SMILES string of the molecule is CCN(CC)S(=O)(=O)c1ccc(NC(=S)Nc2ccc(C(F)(F)F)cc2)cc1. The number of sulfonamides is 1. The van der Waals surface area contributed by atoms with Crippen LogP contribution in [0.15, 0.2) is 53.4 Å². The van der Waals surface area contributed by atoms with E-state index in [2.05, 4.69) is 10.6 Å². The van der Waals surface area contributed by atoms with E-state index in [9.17, 15) is 21.6 Å². The van der Waals surface area contributed by atoms with E-state index in [0.29, 0.717) is 24.5 Å². The van der Waals surface area contributed by atoms with Gasteiger partial charge in [0, 0.05) is 24.5 Å². The highest BCUT2D eigenvalue weighted by Gasteiger charge is 2.30. The Morgan fingerprint density at radius 3 is 1.75 bits per heavy atom. The van der Waals surface area contributed by atoms with Crippen LogP contribution in [0.5, 0.6) is 0 Å². The first-order valence-corrected chi connectivity index (χ1v) is 10.3. The van der Waals surface area contributed by atoms with Crippen LogP contribution < -0.4 is 10.6 Å². The molecule has 0 saturated carbocycles. The highest BCUT2D eigenvalue weighted by molar-refractivity contribution is 7.89. The molecule has 0 amide bonds. The summed E-state index contributed by atoms with van der Waals surface area (Å²) in [5, 5.41) is 5.80. The second kappa shape index (κ2) is 8.89. The molecule has 0 unspecified atom stereocenters. The Kier molecular flexibility index (Phi) is 7.02. The third kappa shape index (κ3) is 5.43. The summed E-state index contributed by atoms with van der Waals surface area (Å²) in [6.07, 6.45) is -4.40. The van der Waals surface area contributed by atoms with E-state index in [1.165, 1.54) is 28.6 Å². The van der Waals surface area contributed by atoms with Gasteiger partial charge in [-0.15, -0.1) is 0 Å². The van der Waals surface area contributed by atoms with Crippen LogP contribution in [0.1, 0.15) is 19.4 Å². The molecule has 0 aliphatic rings. The maximum absolute atomic E-state index is 12.6. The molecule has 2 aromatic carbocycles. The van der Waals surface area contributed by atoms with Gasteiger partial charge in [-0.3, -0.25) is 0 Å². The Morgan fingerprint density at radius 2 is 1.36 bits per heavy atom. The van der Waals surface area contributed by atoms with Crippen LogP contribution in [0.2, 0.25) is 0 Å². The van der Waals surface area contributed by atoms with Gasteiger partial charge in [0.25, 0.3) is 0 Å². The summed E-state index contributed by atoms with van der Waals surface area (Å²) in [6.45, 7) is 4.28. The molecule has 2 rings (SSSR count). The van der Waals surface area contributed by atoms with E-state index in [-0.39, 0.29) is 10.0 Å². The summed E-state index contributed by atoms with van der Waals surface area (Å²) in [5.74, 6) is 0. The van der Waals surface area contributed by atoms with E-state index in [1.807, 2.05) is 0 Å². The lowest BCUT2D eigenvalue weighted by atomic mass is 10.2. The van der Waals surface area contributed by atoms with Crippen LogP contribution in [-0.2, 0) is 16.2 Å². The Hall–Kier alpha value is -2.17. The molecule has 152 valence electrons. The largest absolute Gasteiger partial charge is 0.416 e. The van der Waals surface area contributed by atoms with E-state index >= 15 is 0 Å². The molecule has 10 heteroatoms. The molecule has 0 aromatic heterocycles. The molecule has 5 nitrogen and oxygen atoms in total. The molecule has 2 N–H and O–H groups in total. The fraction of sp³-hybridized carbons (Fsp3) is 0.278. The number of alkyl halides is 3. The van der Waals surface area contributed by atoms with Gasteiger partial charge in [-0.05, 0) is 60.7 Å². The standard InChI is InChI=1S/C18H20F3N3O2S2/c1-3-24(4-2)28(25,26)16-11-9-15(10-12-16)23-17(27)22-14-7-5-13(6-8-14)18(19,20)21/h5-12H,3-4H2,1-2H3,(H2,22,23,27). The number of hydrogen-bond acceptors (Lipinski definition) is 3. The molecule has 0 spiro atoms. The molecule has 0 aliphatic carbocycles. The van der Waals surface area contributed by atoms with Crippen LogP contribution in [0, 0.1) is 0 Å². The van der Waals surface area contributed by atoms with Crippen LogP contribution in [0.3, 0.4) is 0 Å². The average molecular weight is 432 g/mol. The van der Waals surface area contributed by atoms with Gasteiger partial charge in [-0.1, -0.05) is 13.8 Å². The molecule has 0 bridgehead atoms. The average Bonchev–Trinajstić information content (AvgIpc) is 2.62. The van der Waals surface area contributed by atoms with Crippen LogP contribution >= 0.6 is 12.2 Å². The number of anilines is 2. The molecule has 0 radical (unpaired) electrons. The summed E-state index contributed by atoms with van der Waals surface area (Å²) < 4.78 is 64.0. The molecule has 0 heterocycles. The Balaban J connectivity index is 2.03. The van der Waals surface area contributed by atoms with Gasteiger partial charge in [-0.25, -0.2) is 8.42 Å². The van der Waals surface area contributed by atoms with Crippen molar-refractivity contribution in [2.24, 2.45) is 0 Å². The maximum Gasteiger partial charge on any atom is 0.416 e. The van der Waals surface area contributed by atoms with E-state index in [1.54, 1.807) is 26.0 Å². The van der Waals surface area contributed by atoms with Crippen molar-refractivity contribution < 1.29 is 21.6 Å². The lowest BCUT2D eigenvalue weighted by molar-refractivity contribution is -0.137. The highest BCUT2D eigenvalue weighted by Crippen LogP contribution is 2.29. The zero-order valence-corrected chi connectivity index (χ0v) is 16.9. The topological polar surface area (TPSA) is 61.4 Å². The zero-order chi connectivity index (χ0) is 20.9. The van der Waals surface area contributed by atoms with Crippen molar-refractivity contribution in [2.75, 3.05) is 23.7 Å². The van der Waals surface area contributed by atoms with Crippen LogP contribution in [-0.4, -0.2) is 30.9 Å². The first kappa shape index (κ1) is 22.1. The lowest BCUT2D eigenvalue weighted by Crippen LogP contribution is -2.30. The quantitative estimate of drug-likeness (QED) is 0.658. The molecule has 0 atom stereocenters. The molecule has 28 heavy (non-hydrogen) atoms. The third-order valence-corrected chi connectivity index (χ3v) is 6.19. The fourth-order valence-electron chi connectivity index (χ4n) is 2.46. The number of benzene rings is 2. The molecule has 0 saturated heterocycles. The highest BCUT2D eigenvalue weighted by atomic mass is 32.2. The van der Waals surface area contributed by atoms with Gasteiger partial charge >= 0.3 is 6.18 Å². The summed E-state index contributed by atoms with van der Waals surface area (Å²) in [4.78, 5) is 0.170. The van der Waals surface area contributed by atoms with Gasteiger partial charge in [-0.2, -0.15) is 17.5 Å². The summed E-state index contributed by atoms with van der Waals surface area (Å²) >= 11 is 5.14. The number of halogens is 3. The van der Waals surface area contributed by atoms with Gasteiger partial charge in [0.15, 0.2) is 5.11 Å². The number of nitrogens with one attached hydrogen (secondary N) is 2. The van der Waals surface area contributed by atoms with Gasteiger partial charge < -0.3 is 10.6 Å². The molecular formula is C18H20F3N3O2S2. The fourth-order valence-corrected chi connectivity index (χ4v) is 4.15. The zero-order valence-electron chi connectivity index (χ0n) is 15.2. The number of hydrogen-bond donors (Lipinski definition) is 2. The molecule has 0 fully saturated rings. The smallest absolute Gasteiger partial charge is 0.332 e. The minimum atomic E-state index is -4.40. The molecule has 2 aromatic rings. The maximum atomic E-state index is 12.6. The van der Waals surface area contributed by atoms with Crippen molar-refractivity contribution in [1.29, 1.82) is 0 Å². The number of rotatable bonds is 6. The first-order chi connectivity index (χ1) is 13.1. The van der Waals surface area contributed by atoms with Crippen molar-refractivity contribution in [3.8, 4) is 0 Å². The summed E-state index contributed by atoms with van der Waals surface area (Å²) in [6, 6.07) is 10.5. The van der Waals surface area contributed by atoms with Crippen molar-refractivity contribution in [2.45, 2.75) is 24.9 Å². The summed E-state index contributed by atoms with van der Waals surface area (Å²) in [5.41, 5.74) is 0.191. The van der Waals surface area contributed by atoms with Crippen molar-refractivity contribution in [3.05, 3.63) is 54.1 Å². The van der Waals surface area contributed by atoms with Crippen molar-refractivity contribution in [3.63, 3.8) is 0 Å². The van der Waals surface area contributed by atoms with Crippen LogP contribution in [0.25, 0.3) is 0 Å². The van der Waals surface area contributed by atoms with E-state index in [0.717, 1.165) is 12.1 Å². The summed E-state index contributed by atoms with van der Waals surface area (Å²) in [7, 11) is -3.55. The minimum Gasteiger partial charge on any atom is -0.332 e. The van der Waals surface area contributed by atoms with E-state index in [4.69, 9.17) is 12.2 Å². The van der Waals surface area contributed by atoms with Crippen LogP contribution in [0.4, 0.5) is 24.5 Å². The van der Waals surface area contributed by atoms with Crippen molar-refractivity contribution in [1.82, 2.24) is 4.31 Å². The van der Waals surface area contributed by atoms with Gasteiger partial charge in [0.05, 0.1) is 10.5 Å². The predicted octanol–water partition coefficient (Wildman–Crippen LogP) is 4.54. The molecule has 0 aliphatic heterocycles. The lowest BCUT2D eigenvalue weighted by Gasteiger charge is -2.18. The monoisotopic (exact) mass is 431 g/mol.